The Balaban J connectivity index is 2.05. The molecule has 0 fully saturated rings. The molecule has 2 rings (SSSR count). The summed E-state index contributed by atoms with van der Waals surface area (Å²) >= 11 is 1.26. The van der Waals surface area contributed by atoms with Gasteiger partial charge in [-0.3, -0.25) is 9.59 Å². The Morgan fingerprint density at radius 3 is 2.65 bits per heavy atom. The van der Waals surface area contributed by atoms with Crippen LogP contribution in [0.15, 0.2) is 46.3 Å². The SMILES string of the molecule is CCCc1cc(=O)[nH]c(SCC(=O)N(CC)c2ccccc2)n1. The summed E-state index contributed by atoms with van der Waals surface area (Å²) in [5.74, 6) is 0.230. The van der Waals surface area contributed by atoms with Crippen LogP contribution in [0, 0.1) is 0 Å². The van der Waals surface area contributed by atoms with Gasteiger partial charge in [-0.05, 0) is 25.5 Å². The van der Waals surface area contributed by atoms with Gasteiger partial charge in [-0.1, -0.05) is 43.3 Å². The van der Waals surface area contributed by atoms with E-state index in [1.165, 1.54) is 17.8 Å². The molecule has 0 aliphatic carbocycles. The maximum absolute atomic E-state index is 12.4. The van der Waals surface area contributed by atoms with Gasteiger partial charge in [0.2, 0.25) is 5.91 Å². The largest absolute Gasteiger partial charge is 0.312 e. The molecule has 1 N–H and O–H groups in total. The molecular weight excluding hydrogens is 310 g/mol. The second-order valence-corrected chi connectivity index (χ2v) is 6.02. The van der Waals surface area contributed by atoms with Gasteiger partial charge in [-0.25, -0.2) is 4.98 Å². The highest BCUT2D eigenvalue weighted by Crippen LogP contribution is 2.17. The van der Waals surface area contributed by atoms with Crippen molar-refractivity contribution in [2.45, 2.75) is 31.8 Å². The first-order valence-electron chi connectivity index (χ1n) is 7.72. The third-order valence-electron chi connectivity index (χ3n) is 3.30. The number of benzene rings is 1. The maximum atomic E-state index is 12.4. The summed E-state index contributed by atoms with van der Waals surface area (Å²) in [6.07, 6.45) is 1.69. The van der Waals surface area contributed by atoms with Gasteiger partial charge in [0.25, 0.3) is 5.56 Å². The standard InChI is InChI=1S/C17H21N3O2S/c1-3-8-13-11-15(21)19-17(18-13)23-12-16(22)20(4-2)14-9-6-5-7-10-14/h5-7,9-11H,3-4,8,12H2,1-2H3,(H,18,19,21). The van der Waals surface area contributed by atoms with Gasteiger partial charge in [-0.15, -0.1) is 0 Å². The van der Waals surface area contributed by atoms with E-state index < -0.39 is 0 Å². The predicted molar refractivity (Wildman–Crippen MR) is 94.0 cm³/mol. The number of nitrogens with one attached hydrogen (secondary N) is 1. The fraction of sp³-hybridized carbons (Fsp3) is 0.353. The molecule has 1 heterocycles. The summed E-state index contributed by atoms with van der Waals surface area (Å²) < 4.78 is 0. The number of anilines is 1. The van der Waals surface area contributed by atoms with Crippen LogP contribution < -0.4 is 10.5 Å². The van der Waals surface area contributed by atoms with E-state index in [1.54, 1.807) is 4.90 Å². The van der Waals surface area contributed by atoms with Crippen molar-refractivity contribution in [1.29, 1.82) is 0 Å². The van der Waals surface area contributed by atoms with E-state index in [9.17, 15) is 9.59 Å². The molecule has 1 amide bonds. The van der Waals surface area contributed by atoms with Gasteiger partial charge >= 0.3 is 0 Å². The fourth-order valence-electron chi connectivity index (χ4n) is 2.25. The molecule has 0 radical (unpaired) electrons. The number of aryl methyl sites for hydroxylation is 1. The van der Waals surface area contributed by atoms with Gasteiger partial charge < -0.3 is 9.88 Å². The quantitative estimate of drug-likeness (QED) is 0.626. The van der Waals surface area contributed by atoms with Crippen LogP contribution in [-0.2, 0) is 11.2 Å². The summed E-state index contributed by atoms with van der Waals surface area (Å²) in [6.45, 7) is 4.58. The van der Waals surface area contributed by atoms with Crippen molar-refractivity contribution in [3.63, 3.8) is 0 Å². The second kappa shape index (κ2) is 8.53. The Labute approximate surface area is 140 Å². The Morgan fingerprint density at radius 2 is 2.00 bits per heavy atom. The Bertz CT molecular complexity index is 700. The summed E-state index contributed by atoms with van der Waals surface area (Å²) in [5, 5.41) is 0.499. The number of carbonyl (C=O) groups excluding carboxylic acids is 1. The fourth-order valence-corrected chi connectivity index (χ4v) is 3.03. The van der Waals surface area contributed by atoms with Crippen LogP contribution in [0.25, 0.3) is 0 Å². The van der Waals surface area contributed by atoms with Crippen molar-refractivity contribution in [3.05, 3.63) is 52.4 Å². The first-order chi connectivity index (χ1) is 11.1. The molecule has 0 saturated heterocycles. The van der Waals surface area contributed by atoms with E-state index in [2.05, 4.69) is 9.97 Å². The topological polar surface area (TPSA) is 66.1 Å². The maximum Gasteiger partial charge on any atom is 0.251 e. The van der Waals surface area contributed by atoms with Gasteiger partial charge in [0.15, 0.2) is 5.16 Å². The third kappa shape index (κ3) is 4.96. The van der Waals surface area contributed by atoms with E-state index in [0.29, 0.717) is 11.7 Å². The number of carbonyl (C=O) groups is 1. The van der Waals surface area contributed by atoms with E-state index in [0.717, 1.165) is 24.2 Å². The van der Waals surface area contributed by atoms with E-state index in [-0.39, 0.29) is 17.2 Å². The third-order valence-corrected chi connectivity index (χ3v) is 4.15. The molecule has 0 aliphatic heterocycles. The first-order valence-corrected chi connectivity index (χ1v) is 8.71. The molecule has 0 spiro atoms. The molecule has 0 unspecified atom stereocenters. The molecule has 2 aromatic rings. The number of rotatable bonds is 7. The molecule has 23 heavy (non-hydrogen) atoms. The molecular formula is C17H21N3O2S. The van der Waals surface area contributed by atoms with Gasteiger partial charge in [0.1, 0.15) is 0 Å². The minimum atomic E-state index is -0.172. The molecule has 0 aliphatic rings. The summed E-state index contributed by atoms with van der Waals surface area (Å²) in [6, 6.07) is 11.1. The van der Waals surface area contributed by atoms with Crippen LogP contribution in [0.1, 0.15) is 26.0 Å². The lowest BCUT2D eigenvalue weighted by Gasteiger charge is -2.20. The number of H-pyrrole nitrogens is 1. The van der Waals surface area contributed by atoms with Crippen LogP contribution in [0.5, 0.6) is 0 Å². The van der Waals surface area contributed by atoms with Crippen molar-refractivity contribution in [1.82, 2.24) is 9.97 Å². The zero-order valence-corrected chi connectivity index (χ0v) is 14.2. The van der Waals surface area contributed by atoms with Crippen molar-refractivity contribution >= 4 is 23.4 Å². The lowest BCUT2D eigenvalue weighted by atomic mass is 10.2. The monoisotopic (exact) mass is 331 g/mol. The van der Waals surface area contributed by atoms with Crippen LogP contribution >= 0.6 is 11.8 Å². The first kappa shape index (κ1) is 17.3. The number of amides is 1. The Hall–Kier alpha value is -2.08. The zero-order valence-electron chi connectivity index (χ0n) is 13.4. The van der Waals surface area contributed by atoms with E-state index in [4.69, 9.17) is 0 Å². The average molecular weight is 331 g/mol. The summed E-state index contributed by atoms with van der Waals surface area (Å²) in [7, 11) is 0. The number of nitrogens with zero attached hydrogens (tertiary/aromatic N) is 2. The van der Waals surface area contributed by atoms with E-state index >= 15 is 0 Å². The lowest BCUT2D eigenvalue weighted by Crippen LogP contribution is -2.32. The van der Waals surface area contributed by atoms with Crippen LogP contribution in [0.4, 0.5) is 5.69 Å². The van der Waals surface area contributed by atoms with E-state index in [1.807, 2.05) is 44.2 Å². The van der Waals surface area contributed by atoms with Gasteiger partial charge in [0, 0.05) is 24.0 Å². The number of aromatic nitrogens is 2. The minimum absolute atomic E-state index is 0.00718. The van der Waals surface area contributed by atoms with Crippen molar-refractivity contribution in [2.75, 3.05) is 17.2 Å². The number of hydrogen-bond acceptors (Lipinski definition) is 4. The zero-order chi connectivity index (χ0) is 16.7. The van der Waals surface area contributed by atoms with Gasteiger partial charge in [0.05, 0.1) is 5.75 Å². The Morgan fingerprint density at radius 1 is 1.26 bits per heavy atom. The number of para-hydroxylation sites is 1. The number of thioether (sulfide) groups is 1. The minimum Gasteiger partial charge on any atom is -0.312 e. The molecule has 6 heteroatoms. The highest BCUT2D eigenvalue weighted by atomic mass is 32.2. The van der Waals surface area contributed by atoms with Crippen LogP contribution in [0.3, 0.4) is 0 Å². The lowest BCUT2D eigenvalue weighted by molar-refractivity contribution is -0.116. The number of aromatic amines is 1. The van der Waals surface area contributed by atoms with Crippen molar-refractivity contribution in [3.8, 4) is 0 Å². The number of hydrogen-bond donors (Lipinski definition) is 1. The van der Waals surface area contributed by atoms with Crippen LogP contribution in [-0.4, -0.2) is 28.2 Å². The molecule has 122 valence electrons. The second-order valence-electron chi connectivity index (χ2n) is 5.05. The van der Waals surface area contributed by atoms with Crippen LogP contribution in [0.2, 0.25) is 0 Å². The smallest absolute Gasteiger partial charge is 0.251 e. The highest BCUT2D eigenvalue weighted by Gasteiger charge is 2.14. The molecule has 5 nitrogen and oxygen atoms in total. The molecule has 0 bridgehead atoms. The molecule has 1 aromatic heterocycles. The molecule has 0 saturated carbocycles. The van der Waals surface area contributed by atoms with Gasteiger partial charge in [-0.2, -0.15) is 0 Å². The summed E-state index contributed by atoms with van der Waals surface area (Å²) in [5.41, 5.74) is 1.47. The normalized spacial score (nSPS) is 10.5. The highest BCUT2D eigenvalue weighted by molar-refractivity contribution is 7.99. The molecule has 0 atom stereocenters. The predicted octanol–water partition coefficient (Wildman–Crippen LogP) is 2.87. The van der Waals surface area contributed by atoms with Crippen molar-refractivity contribution < 1.29 is 4.79 Å². The molecule has 1 aromatic carbocycles. The average Bonchev–Trinajstić information content (AvgIpc) is 2.54. The summed E-state index contributed by atoms with van der Waals surface area (Å²) in [4.78, 5) is 32.9. The van der Waals surface area contributed by atoms with Crippen molar-refractivity contribution in [2.24, 2.45) is 0 Å². The Kier molecular flexibility index (Phi) is 6.40.